The maximum atomic E-state index is 11.8. The van der Waals surface area contributed by atoms with Gasteiger partial charge in [-0.15, -0.1) is 0 Å². The quantitative estimate of drug-likeness (QED) is 0.715. The highest BCUT2D eigenvalue weighted by Crippen LogP contribution is 2.18. The Labute approximate surface area is 98.1 Å². The predicted octanol–water partition coefficient (Wildman–Crippen LogP) is 1.77. The third kappa shape index (κ3) is 1.63. The first-order valence-electron chi connectivity index (χ1n) is 5.28. The zero-order valence-corrected chi connectivity index (χ0v) is 9.21. The van der Waals surface area contributed by atoms with Gasteiger partial charge in [-0.3, -0.25) is 4.79 Å². The molecule has 82 valence electrons. The monoisotopic (exact) mass is 223 g/mol. The highest BCUT2D eigenvalue weighted by atomic mass is 16.1. The Kier molecular flexibility index (Phi) is 2.08. The number of fused-ring (bicyclic) bond motifs is 1. The Morgan fingerprint density at radius 3 is 2.47 bits per heavy atom. The van der Waals surface area contributed by atoms with E-state index in [4.69, 9.17) is 0 Å². The minimum Gasteiger partial charge on any atom is -0.267 e. The highest BCUT2D eigenvalue weighted by molar-refractivity contribution is 6.36. The van der Waals surface area contributed by atoms with Crippen molar-refractivity contribution >= 4 is 23.3 Å². The number of nitrogens with zero attached hydrogens (tertiary/aromatic N) is 3. The number of carbonyl (C=O) groups is 1. The topological polar surface area (TPSA) is 54.1 Å². The molecule has 0 atom stereocenters. The fraction of sp³-hybridized carbons (Fsp3) is 0.0769. The number of allylic oxidation sites excluding steroid dienone is 1. The molecule has 0 aromatic heterocycles. The van der Waals surface area contributed by atoms with Crippen LogP contribution in [-0.2, 0) is 4.79 Å². The molecule has 1 amide bonds. The van der Waals surface area contributed by atoms with Gasteiger partial charge in [0.1, 0.15) is 0 Å². The van der Waals surface area contributed by atoms with E-state index in [0.29, 0.717) is 17.2 Å². The van der Waals surface area contributed by atoms with Crippen molar-refractivity contribution in [1.29, 1.82) is 0 Å². The molecule has 0 fully saturated rings. The summed E-state index contributed by atoms with van der Waals surface area (Å²) >= 11 is 0. The molecule has 3 rings (SSSR count). The van der Waals surface area contributed by atoms with Gasteiger partial charge >= 0.3 is 0 Å². The Hall–Kier alpha value is -2.36. The summed E-state index contributed by atoms with van der Waals surface area (Å²) in [5.41, 5.74) is 2.10. The van der Waals surface area contributed by atoms with Crippen molar-refractivity contribution in [2.45, 2.75) is 6.92 Å². The second-order valence-electron chi connectivity index (χ2n) is 3.85. The number of amidine groups is 2. The fourth-order valence-corrected chi connectivity index (χ4v) is 1.77. The molecule has 0 N–H and O–H groups in total. The van der Waals surface area contributed by atoms with Gasteiger partial charge in [0.15, 0.2) is 11.7 Å². The number of hydrogen-bond donors (Lipinski definition) is 0. The number of carbonyl (C=O) groups excluding carboxylic acids is 1. The first-order chi connectivity index (χ1) is 8.24. The fourth-order valence-electron chi connectivity index (χ4n) is 1.77. The van der Waals surface area contributed by atoms with Crippen molar-refractivity contribution in [2.24, 2.45) is 15.0 Å². The summed E-state index contributed by atoms with van der Waals surface area (Å²) in [5, 5.41) is 0. The summed E-state index contributed by atoms with van der Waals surface area (Å²) in [6, 6.07) is 9.42. The van der Waals surface area contributed by atoms with E-state index >= 15 is 0 Å². The van der Waals surface area contributed by atoms with E-state index in [1.54, 1.807) is 6.08 Å². The summed E-state index contributed by atoms with van der Waals surface area (Å²) in [6.07, 6.45) is 1.71. The molecule has 4 heteroatoms. The molecule has 0 spiro atoms. The third-order valence-electron chi connectivity index (χ3n) is 2.56. The lowest BCUT2D eigenvalue weighted by atomic mass is 10.1. The van der Waals surface area contributed by atoms with Gasteiger partial charge in [0, 0.05) is 11.3 Å². The van der Waals surface area contributed by atoms with Gasteiger partial charge in [-0.2, -0.15) is 4.99 Å². The lowest BCUT2D eigenvalue weighted by molar-refractivity contribution is -0.113. The molecule has 0 radical (unpaired) electrons. The number of amides is 1. The van der Waals surface area contributed by atoms with Crippen molar-refractivity contribution in [3.8, 4) is 0 Å². The van der Waals surface area contributed by atoms with Gasteiger partial charge in [-0.05, 0) is 13.0 Å². The van der Waals surface area contributed by atoms with Crippen LogP contribution in [0.2, 0.25) is 0 Å². The van der Waals surface area contributed by atoms with Crippen LogP contribution in [0.3, 0.4) is 0 Å². The average Bonchev–Trinajstić information content (AvgIpc) is 2.71. The zero-order valence-electron chi connectivity index (χ0n) is 9.21. The van der Waals surface area contributed by atoms with Crippen LogP contribution < -0.4 is 0 Å². The van der Waals surface area contributed by atoms with Gasteiger partial charge < -0.3 is 0 Å². The van der Waals surface area contributed by atoms with E-state index in [2.05, 4.69) is 15.0 Å². The largest absolute Gasteiger partial charge is 0.282 e. The molecule has 2 heterocycles. The standard InChI is InChI=1S/C13H9N3O/c1-8-7-10-12(14-8)15-11(16-13(10)17)9-5-3-2-4-6-9/h2-7H,1H3. The Morgan fingerprint density at radius 1 is 0.941 bits per heavy atom. The van der Waals surface area contributed by atoms with E-state index < -0.39 is 0 Å². The minimum atomic E-state index is -0.269. The second kappa shape index (κ2) is 3.59. The van der Waals surface area contributed by atoms with Crippen molar-refractivity contribution in [3.05, 3.63) is 47.5 Å². The second-order valence-corrected chi connectivity index (χ2v) is 3.85. The molecule has 1 aromatic rings. The van der Waals surface area contributed by atoms with Crippen molar-refractivity contribution in [1.82, 2.24) is 0 Å². The first-order valence-corrected chi connectivity index (χ1v) is 5.28. The predicted molar refractivity (Wildman–Crippen MR) is 66.6 cm³/mol. The van der Waals surface area contributed by atoms with Crippen LogP contribution in [-0.4, -0.2) is 23.3 Å². The number of hydrogen-bond acceptors (Lipinski definition) is 3. The van der Waals surface area contributed by atoms with E-state index in [9.17, 15) is 4.79 Å². The molecular weight excluding hydrogens is 214 g/mol. The maximum Gasteiger partial charge on any atom is 0.282 e. The lowest BCUT2D eigenvalue weighted by Gasteiger charge is -2.08. The molecule has 2 aliphatic heterocycles. The lowest BCUT2D eigenvalue weighted by Crippen LogP contribution is -2.17. The Balaban J connectivity index is 2.08. The van der Waals surface area contributed by atoms with E-state index in [1.807, 2.05) is 37.3 Å². The normalized spacial score (nSPS) is 18.1. The smallest absolute Gasteiger partial charge is 0.267 e. The van der Waals surface area contributed by atoms with Crippen molar-refractivity contribution in [3.63, 3.8) is 0 Å². The highest BCUT2D eigenvalue weighted by Gasteiger charge is 2.25. The number of aliphatic imine (C=N–C) groups is 3. The molecule has 1 aromatic carbocycles. The zero-order chi connectivity index (χ0) is 11.8. The first kappa shape index (κ1) is 9.84. The van der Waals surface area contributed by atoms with Crippen LogP contribution in [0.1, 0.15) is 12.5 Å². The van der Waals surface area contributed by atoms with Crippen LogP contribution in [0.4, 0.5) is 0 Å². The van der Waals surface area contributed by atoms with Crippen LogP contribution in [0.15, 0.2) is 57.0 Å². The summed E-state index contributed by atoms with van der Waals surface area (Å²) < 4.78 is 0. The summed E-state index contributed by atoms with van der Waals surface area (Å²) in [4.78, 5) is 24.3. The molecule has 2 aliphatic rings. The average molecular weight is 223 g/mol. The maximum absolute atomic E-state index is 11.8. The molecule has 0 unspecified atom stereocenters. The minimum absolute atomic E-state index is 0.269. The summed E-state index contributed by atoms with van der Waals surface area (Å²) in [6.45, 7) is 1.84. The van der Waals surface area contributed by atoms with Gasteiger partial charge in [0.05, 0.1) is 5.57 Å². The SMILES string of the molecule is CC1=NC2=NC(c3ccccc3)=NC(=O)C2=C1. The van der Waals surface area contributed by atoms with Gasteiger partial charge in [-0.1, -0.05) is 30.3 Å². The van der Waals surface area contributed by atoms with E-state index in [1.165, 1.54) is 0 Å². The number of benzene rings is 1. The van der Waals surface area contributed by atoms with Crippen LogP contribution in [0.5, 0.6) is 0 Å². The molecular formula is C13H9N3O. The molecule has 0 saturated heterocycles. The van der Waals surface area contributed by atoms with Gasteiger partial charge in [0.25, 0.3) is 5.91 Å². The van der Waals surface area contributed by atoms with E-state index in [0.717, 1.165) is 11.3 Å². The van der Waals surface area contributed by atoms with Crippen molar-refractivity contribution in [2.75, 3.05) is 0 Å². The molecule has 0 aliphatic carbocycles. The van der Waals surface area contributed by atoms with Crippen LogP contribution in [0, 0.1) is 0 Å². The summed E-state index contributed by atoms with van der Waals surface area (Å²) in [7, 11) is 0. The molecule has 4 nitrogen and oxygen atoms in total. The van der Waals surface area contributed by atoms with E-state index in [-0.39, 0.29) is 5.91 Å². The molecule has 0 saturated carbocycles. The van der Waals surface area contributed by atoms with Crippen LogP contribution in [0.25, 0.3) is 0 Å². The number of rotatable bonds is 1. The Morgan fingerprint density at radius 2 is 1.71 bits per heavy atom. The van der Waals surface area contributed by atoms with Gasteiger partial charge in [-0.25, -0.2) is 9.98 Å². The van der Waals surface area contributed by atoms with Gasteiger partial charge in [0.2, 0.25) is 0 Å². The van der Waals surface area contributed by atoms with Crippen molar-refractivity contribution < 1.29 is 4.79 Å². The summed E-state index contributed by atoms with van der Waals surface area (Å²) in [5.74, 6) is 0.636. The molecule has 0 bridgehead atoms. The Bertz CT molecular complexity index is 621. The third-order valence-corrected chi connectivity index (χ3v) is 2.56. The van der Waals surface area contributed by atoms with Crippen LogP contribution >= 0.6 is 0 Å². The molecule has 17 heavy (non-hydrogen) atoms.